The number of anilines is 1. The van der Waals surface area contributed by atoms with Crippen LogP contribution in [0.5, 0.6) is 0 Å². The number of fused-ring (bicyclic) bond motifs is 1. The van der Waals surface area contributed by atoms with Crippen LogP contribution in [-0.2, 0) is 11.2 Å². The molecular weight excluding hydrogens is 379 g/mol. The van der Waals surface area contributed by atoms with Gasteiger partial charge in [0.05, 0.1) is 11.7 Å². The fraction of sp³-hybridized carbons (Fsp3) is 0.375. The van der Waals surface area contributed by atoms with E-state index in [1.54, 1.807) is 6.20 Å². The predicted octanol–water partition coefficient (Wildman–Crippen LogP) is 4.14. The Morgan fingerprint density at radius 1 is 1.10 bits per heavy atom. The number of carbonyl (C=O) groups excluding carboxylic acids is 1. The Morgan fingerprint density at radius 2 is 2.00 bits per heavy atom. The summed E-state index contributed by atoms with van der Waals surface area (Å²) in [5, 5.41) is 1.17. The highest BCUT2D eigenvalue weighted by Crippen LogP contribution is 2.21. The van der Waals surface area contributed by atoms with Crippen molar-refractivity contribution in [2.75, 3.05) is 31.1 Å². The Morgan fingerprint density at radius 3 is 2.87 bits per heavy atom. The van der Waals surface area contributed by atoms with E-state index >= 15 is 0 Å². The van der Waals surface area contributed by atoms with Gasteiger partial charge < -0.3 is 9.80 Å². The first-order valence-corrected chi connectivity index (χ1v) is 10.6. The van der Waals surface area contributed by atoms with E-state index < -0.39 is 0 Å². The normalized spacial score (nSPS) is 14.7. The van der Waals surface area contributed by atoms with Crippen LogP contribution < -0.4 is 4.90 Å². The standard InChI is InChI=1S/C24H27FN4O/c1-18-16-20(25)17-27-24(18)29-13-5-12-28(14-15-29)23(30)10-3-7-19-6-2-9-22-21(19)8-4-11-26-22/h2,4,6,8-9,11,16-17H,3,5,7,10,12-15H2,1H3. The summed E-state index contributed by atoms with van der Waals surface area (Å²) >= 11 is 0. The molecule has 6 heteroatoms. The molecule has 5 nitrogen and oxygen atoms in total. The molecule has 1 aliphatic rings. The number of rotatable bonds is 5. The number of halogens is 1. The van der Waals surface area contributed by atoms with Crippen LogP contribution in [0, 0.1) is 12.7 Å². The molecule has 0 bridgehead atoms. The number of hydrogen-bond donors (Lipinski definition) is 0. The molecule has 1 saturated heterocycles. The van der Waals surface area contributed by atoms with Crippen LogP contribution in [0.1, 0.15) is 30.4 Å². The van der Waals surface area contributed by atoms with Crippen LogP contribution in [0.2, 0.25) is 0 Å². The van der Waals surface area contributed by atoms with Crippen molar-refractivity contribution in [3.8, 4) is 0 Å². The van der Waals surface area contributed by atoms with E-state index in [1.807, 2.05) is 30.0 Å². The van der Waals surface area contributed by atoms with Gasteiger partial charge in [-0.25, -0.2) is 9.37 Å². The molecular formula is C24H27FN4O. The molecule has 0 N–H and O–H groups in total. The van der Waals surface area contributed by atoms with Gasteiger partial charge in [-0.1, -0.05) is 18.2 Å². The van der Waals surface area contributed by atoms with Gasteiger partial charge in [-0.3, -0.25) is 9.78 Å². The number of aromatic nitrogens is 2. The van der Waals surface area contributed by atoms with Crippen LogP contribution in [0.15, 0.2) is 48.8 Å². The highest BCUT2D eigenvalue weighted by molar-refractivity contribution is 5.82. The molecule has 30 heavy (non-hydrogen) atoms. The monoisotopic (exact) mass is 406 g/mol. The quantitative estimate of drug-likeness (QED) is 0.639. The largest absolute Gasteiger partial charge is 0.355 e. The zero-order valence-electron chi connectivity index (χ0n) is 17.4. The lowest BCUT2D eigenvalue weighted by atomic mass is 10.0. The Labute approximate surface area is 176 Å². The summed E-state index contributed by atoms with van der Waals surface area (Å²) in [6, 6.07) is 11.7. The molecule has 0 radical (unpaired) electrons. The van der Waals surface area contributed by atoms with Crippen LogP contribution >= 0.6 is 0 Å². The molecule has 0 atom stereocenters. The topological polar surface area (TPSA) is 49.3 Å². The maximum absolute atomic E-state index is 13.4. The molecule has 1 aromatic carbocycles. The molecule has 0 spiro atoms. The second kappa shape index (κ2) is 9.20. The predicted molar refractivity (Wildman–Crippen MR) is 117 cm³/mol. The van der Waals surface area contributed by atoms with E-state index in [2.05, 4.69) is 27.0 Å². The highest BCUT2D eigenvalue weighted by atomic mass is 19.1. The van der Waals surface area contributed by atoms with E-state index in [0.29, 0.717) is 13.0 Å². The van der Waals surface area contributed by atoms with E-state index in [0.717, 1.165) is 55.8 Å². The van der Waals surface area contributed by atoms with E-state index in [9.17, 15) is 9.18 Å². The lowest BCUT2D eigenvalue weighted by Crippen LogP contribution is -2.35. The van der Waals surface area contributed by atoms with Crippen molar-refractivity contribution in [1.82, 2.24) is 14.9 Å². The maximum atomic E-state index is 13.4. The number of amides is 1. The Kier molecular flexibility index (Phi) is 6.21. The lowest BCUT2D eigenvalue weighted by molar-refractivity contribution is -0.131. The van der Waals surface area contributed by atoms with Gasteiger partial charge in [0.15, 0.2) is 0 Å². The summed E-state index contributed by atoms with van der Waals surface area (Å²) < 4.78 is 13.4. The third-order valence-electron chi connectivity index (χ3n) is 5.74. The first-order valence-electron chi connectivity index (χ1n) is 10.6. The average molecular weight is 407 g/mol. The highest BCUT2D eigenvalue weighted by Gasteiger charge is 2.20. The number of pyridine rings is 2. The second-order valence-corrected chi connectivity index (χ2v) is 7.86. The van der Waals surface area contributed by atoms with Gasteiger partial charge in [0.25, 0.3) is 0 Å². The number of nitrogens with zero attached hydrogens (tertiary/aromatic N) is 4. The smallest absolute Gasteiger partial charge is 0.222 e. The van der Waals surface area contributed by atoms with E-state index in [1.165, 1.54) is 23.2 Å². The molecule has 156 valence electrons. The molecule has 0 aliphatic carbocycles. The van der Waals surface area contributed by atoms with Crippen LogP contribution in [0.4, 0.5) is 10.2 Å². The fourth-order valence-electron chi connectivity index (χ4n) is 4.22. The third kappa shape index (κ3) is 4.58. The first kappa shape index (κ1) is 20.3. The molecule has 1 fully saturated rings. The second-order valence-electron chi connectivity index (χ2n) is 7.86. The van der Waals surface area contributed by atoms with Gasteiger partial charge in [-0.2, -0.15) is 0 Å². The number of carbonyl (C=O) groups is 1. The zero-order valence-corrected chi connectivity index (χ0v) is 17.4. The molecule has 0 unspecified atom stereocenters. The van der Waals surface area contributed by atoms with Crippen molar-refractivity contribution in [3.05, 3.63) is 65.7 Å². The van der Waals surface area contributed by atoms with Crippen molar-refractivity contribution in [2.24, 2.45) is 0 Å². The molecule has 3 aromatic rings. The van der Waals surface area contributed by atoms with Gasteiger partial charge in [0.2, 0.25) is 5.91 Å². The van der Waals surface area contributed by atoms with Crippen molar-refractivity contribution in [3.63, 3.8) is 0 Å². The van der Waals surface area contributed by atoms with Crippen molar-refractivity contribution >= 4 is 22.6 Å². The Balaban J connectivity index is 1.32. The summed E-state index contributed by atoms with van der Waals surface area (Å²) in [4.78, 5) is 25.6. The summed E-state index contributed by atoms with van der Waals surface area (Å²) in [6.07, 6.45) is 6.20. The zero-order chi connectivity index (χ0) is 20.9. The van der Waals surface area contributed by atoms with Gasteiger partial charge in [0, 0.05) is 44.2 Å². The SMILES string of the molecule is Cc1cc(F)cnc1N1CCCN(C(=O)CCCc2cccc3ncccc23)CC1. The Hall–Kier alpha value is -3.02. The van der Waals surface area contributed by atoms with Gasteiger partial charge in [0.1, 0.15) is 11.6 Å². The van der Waals surface area contributed by atoms with E-state index in [-0.39, 0.29) is 11.7 Å². The first-order chi connectivity index (χ1) is 14.6. The van der Waals surface area contributed by atoms with Gasteiger partial charge in [-0.05, 0) is 55.5 Å². The molecule has 4 rings (SSSR count). The summed E-state index contributed by atoms with van der Waals surface area (Å²) in [5.74, 6) is 0.708. The van der Waals surface area contributed by atoms with Crippen LogP contribution in [0.3, 0.4) is 0 Å². The number of benzene rings is 1. The van der Waals surface area contributed by atoms with Gasteiger partial charge >= 0.3 is 0 Å². The van der Waals surface area contributed by atoms with Crippen molar-refractivity contribution < 1.29 is 9.18 Å². The van der Waals surface area contributed by atoms with Gasteiger partial charge in [-0.15, -0.1) is 0 Å². The minimum Gasteiger partial charge on any atom is -0.355 e. The summed E-state index contributed by atoms with van der Waals surface area (Å²) in [7, 11) is 0. The Bertz CT molecular complexity index is 1030. The fourth-order valence-corrected chi connectivity index (χ4v) is 4.22. The minimum atomic E-state index is -0.315. The molecule has 3 heterocycles. The van der Waals surface area contributed by atoms with E-state index in [4.69, 9.17) is 0 Å². The van der Waals surface area contributed by atoms with Crippen molar-refractivity contribution in [1.29, 1.82) is 0 Å². The molecule has 1 aliphatic heterocycles. The minimum absolute atomic E-state index is 0.207. The third-order valence-corrected chi connectivity index (χ3v) is 5.74. The summed E-state index contributed by atoms with van der Waals surface area (Å²) in [6.45, 7) is 4.86. The molecule has 0 saturated carbocycles. The maximum Gasteiger partial charge on any atom is 0.222 e. The lowest BCUT2D eigenvalue weighted by Gasteiger charge is -2.24. The van der Waals surface area contributed by atoms with Crippen molar-refractivity contribution in [2.45, 2.75) is 32.6 Å². The number of hydrogen-bond acceptors (Lipinski definition) is 4. The molecule has 2 aromatic heterocycles. The number of aryl methyl sites for hydroxylation is 2. The average Bonchev–Trinajstić information content (AvgIpc) is 3.00. The van der Waals surface area contributed by atoms with Crippen LogP contribution in [-0.4, -0.2) is 47.0 Å². The molecule has 1 amide bonds. The summed E-state index contributed by atoms with van der Waals surface area (Å²) in [5.41, 5.74) is 3.08. The van der Waals surface area contributed by atoms with Crippen LogP contribution in [0.25, 0.3) is 10.9 Å².